The van der Waals surface area contributed by atoms with Crippen LogP contribution in [0.5, 0.6) is 0 Å². The summed E-state index contributed by atoms with van der Waals surface area (Å²) < 4.78 is 13.6. The van der Waals surface area contributed by atoms with Gasteiger partial charge in [-0.2, -0.15) is 0 Å². The maximum atomic E-state index is 13.6. The van der Waals surface area contributed by atoms with Crippen molar-refractivity contribution in [2.45, 2.75) is 33.2 Å². The van der Waals surface area contributed by atoms with Crippen molar-refractivity contribution >= 4 is 0 Å². The first-order valence-corrected chi connectivity index (χ1v) is 7.10. The lowest BCUT2D eigenvalue weighted by molar-refractivity contribution is 0.127. The number of benzene rings is 1. The van der Waals surface area contributed by atoms with Crippen LogP contribution in [0, 0.1) is 23.1 Å². The fourth-order valence-corrected chi connectivity index (χ4v) is 2.53. The van der Waals surface area contributed by atoms with Gasteiger partial charge in [0.05, 0.1) is 0 Å². The highest BCUT2D eigenvalue weighted by Crippen LogP contribution is 2.30. The van der Waals surface area contributed by atoms with E-state index in [4.69, 9.17) is 5.11 Å². The largest absolute Gasteiger partial charge is 0.384 e. The predicted octanol–water partition coefficient (Wildman–Crippen LogP) is 2.79. The van der Waals surface area contributed by atoms with Crippen molar-refractivity contribution in [1.29, 1.82) is 0 Å². The molecule has 1 saturated heterocycles. The SMILES string of the molecule is CC1(C)CCN(Cc2cc(F)cc(C#CCO)c2)CC1. The van der Waals surface area contributed by atoms with Gasteiger partial charge in [-0.3, -0.25) is 4.90 Å². The highest BCUT2D eigenvalue weighted by molar-refractivity contribution is 5.37. The lowest BCUT2D eigenvalue weighted by Crippen LogP contribution is -2.36. The Hall–Kier alpha value is -1.37. The minimum Gasteiger partial charge on any atom is -0.384 e. The van der Waals surface area contributed by atoms with Crippen LogP contribution in [0.25, 0.3) is 0 Å². The van der Waals surface area contributed by atoms with E-state index in [-0.39, 0.29) is 12.4 Å². The van der Waals surface area contributed by atoms with Crippen LogP contribution in [-0.4, -0.2) is 29.7 Å². The number of halogens is 1. The van der Waals surface area contributed by atoms with E-state index in [1.165, 1.54) is 18.9 Å². The highest BCUT2D eigenvalue weighted by Gasteiger charge is 2.25. The van der Waals surface area contributed by atoms with Crippen LogP contribution in [0.4, 0.5) is 4.39 Å². The van der Waals surface area contributed by atoms with Crippen molar-refractivity contribution < 1.29 is 9.50 Å². The number of nitrogens with zero attached hydrogens (tertiary/aromatic N) is 1. The van der Waals surface area contributed by atoms with Gasteiger partial charge in [0.1, 0.15) is 12.4 Å². The zero-order valence-electron chi connectivity index (χ0n) is 12.2. The van der Waals surface area contributed by atoms with Crippen molar-refractivity contribution in [2.24, 2.45) is 5.41 Å². The summed E-state index contributed by atoms with van der Waals surface area (Å²) in [5.74, 6) is 5.06. The second kappa shape index (κ2) is 6.39. The molecular weight excluding hydrogens is 253 g/mol. The second-order valence-electron chi connectivity index (χ2n) is 6.25. The molecule has 3 heteroatoms. The van der Waals surface area contributed by atoms with Gasteiger partial charge in [0.15, 0.2) is 0 Å². The van der Waals surface area contributed by atoms with E-state index in [1.54, 1.807) is 6.07 Å². The first kappa shape index (κ1) is 15.0. The van der Waals surface area contributed by atoms with Gasteiger partial charge >= 0.3 is 0 Å². The Morgan fingerprint density at radius 2 is 1.95 bits per heavy atom. The number of aliphatic hydroxyl groups is 1. The molecule has 108 valence electrons. The Kier molecular flexibility index (Phi) is 4.80. The third-order valence-corrected chi connectivity index (χ3v) is 3.89. The molecule has 0 radical (unpaired) electrons. The number of hydrogen-bond acceptors (Lipinski definition) is 2. The molecule has 2 rings (SSSR count). The molecule has 1 N–H and O–H groups in total. The van der Waals surface area contributed by atoms with Gasteiger partial charge in [0, 0.05) is 12.1 Å². The Labute approximate surface area is 120 Å². The lowest BCUT2D eigenvalue weighted by atomic mass is 9.82. The molecule has 0 amide bonds. The Morgan fingerprint density at radius 3 is 2.60 bits per heavy atom. The third-order valence-electron chi connectivity index (χ3n) is 3.89. The van der Waals surface area contributed by atoms with Gasteiger partial charge in [-0.1, -0.05) is 25.7 Å². The van der Waals surface area contributed by atoms with Crippen LogP contribution in [0.1, 0.15) is 37.8 Å². The Morgan fingerprint density at radius 1 is 1.25 bits per heavy atom. The molecule has 0 unspecified atom stereocenters. The molecule has 0 spiro atoms. The van der Waals surface area contributed by atoms with E-state index in [0.717, 1.165) is 25.2 Å². The maximum absolute atomic E-state index is 13.6. The summed E-state index contributed by atoms with van der Waals surface area (Å²) in [5, 5.41) is 8.70. The van der Waals surface area contributed by atoms with Crippen molar-refractivity contribution in [3.8, 4) is 11.8 Å². The van der Waals surface area contributed by atoms with Crippen LogP contribution in [0.15, 0.2) is 18.2 Å². The van der Waals surface area contributed by atoms with E-state index in [9.17, 15) is 4.39 Å². The van der Waals surface area contributed by atoms with Gasteiger partial charge in [-0.25, -0.2) is 4.39 Å². The van der Waals surface area contributed by atoms with E-state index in [1.807, 2.05) is 6.07 Å². The van der Waals surface area contributed by atoms with Gasteiger partial charge in [0.2, 0.25) is 0 Å². The molecule has 1 aromatic carbocycles. The van der Waals surface area contributed by atoms with Crippen LogP contribution < -0.4 is 0 Å². The summed E-state index contributed by atoms with van der Waals surface area (Å²) >= 11 is 0. The molecule has 1 aliphatic rings. The predicted molar refractivity (Wildman–Crippen MR) is 78.7 cm³/mol. The normalized spacial score (nSPS) is 18.4. The monoisotopic (exact) mass is 275 g/mol. The van der Waals surface area contributed by atoms with Crippen LogP contribution in [0.2, 0.25) is 0 Å². The first-order valence-electron chi connectivity index (χ1n) is 7.10. The smallest absolute Gasteiger partial charge is 0.124 e. The molecule has 0 aromatic heterocycles. The van der Waals surface area contributed by atoms with E-state index >= 15 is 0 Å². The van der Waals surface area contributed by atoms with E-state index in [0.29, 0.717) is 11.0 Å². The summed E-state index contributed by atoms with van der Waals surface area (Å²) in [4.78, 5) is 2.36. The third kappa shape index (κ3) is 4.33. The lowest BCUT2D eigenvalue weighted by Gasteiger charge is -2.36. The number of hydrogen-bond donors (Lipinski definition) is 1. The first-order chi connectivity index (χ1) is 9.48. The number of likely N-dealkylation sites (tertiary alicyclic amines) is 1. The average Bonchev–Trinajstić information content (AvgIpc) is 2.38. The van der Waals surface area contributed by atoms with Crippen molar-refractivity contribution in [3.05, 3.63) is 35.1 Å². The molecular formula is C17H22FNO. The van der Waals surface area contributed by atoms with E-state index in [2.05, 4.69) is 30.6 Å². The highest BCUT2D eigenvalue weighted by atomic mass is 19.1. The molecule has 1 aromatic rings. The average molecular weight is 275 g/mol. The zero-order chi connectivity index (χ0) is 14.6. The van der Waals surface area contributed by atoms with Gasteiger partial charge in [-0.05, 0) is 55.1 Å². The van der Waals surface area contributed by atoms with Crippen LogP contribution >= 0.6 is 0 Å². The minimum absolute atomic E-state index is 0.201. The molecule has 0 bridgehead atoms. The van der Waals surface area contributed by atoms with Crippen molar-refractivity contribution in [1.82, 2.24) is 4.90 Å². The summed E-state index contributed by atoms with van der Waals surface area (Å²) in [6.07, 6.45) is 2.36. The molecule has 0 atom stereocenters. The van der Waals surface area contributed by atoms with Gasteiger partial charge in [0.25, 0.3) is 0 Å². The summed E-state index contributed by atoms with van der Waals surface area (Å²) in [6, 6.07) is 4.89. The summed E-state index contributed by atoms with van der Waals surface area (Å²) in [7, 11) is 0. The fraction of sp³-hybridized carbons (Fsp3) is 0.529. The fourth-order valence-electron chi connectivity index (χ4n) is 2.53. The number of rotatable bonds is 2. The zero-order valence-corrected chi connectivity index (χ0v) is 12.2. The van der Waals surface area contributed by atoms with Crippen molar-refractivity contribution in [2.75, 3.05) is 19.7 Å². The Bertz CT molecular complexity index is 518. The molecule has 0 saturated carbocycles. The summed E-state index contributed by atoms with van der Waals surface area (Å²) in [5.41, 5.74) is 2.01. The minimum atomic E-state index is -0.262. The number of aliphatic hydroxyl groups excluding tert-OH is 1. The molecule has 0 aliphatic carbocycles. The molecule has 1 fully saturated rings. The van der Waals surface area contributed by atoms with Crippen molar-refractivity contribution in [3.63, 3.8) is 0 Å². The van der Waals surface area contributed by atoms with E-state index < -0.39 is 0 Å². The quantitative estimate of drug-likeness (QED) is 0.839. The second-order valence-corrected chi connectivity index (χ2v) is 6.25. The maximum Gasteiger partial charge on any atom is 0.124 e. The van der Waals surface area contributed by atoms with Crippen LogP contribution in [0.3, 0.4) is 0 Å². The summed E-state index contributed by atoms with van der Waals surface area (Å²) in [6.45, 7) is 7.28. The molecule has 2 nitrogen and oxygen atoms in total. The topological polar surface area (TPSA) is 23.5 Å². The Balaban J connectivity index is 2.04. The molecule has 1 aliphatic heterocycles. The van der Waals surface area contributed by atoms with Gasteiger partial charge in [-0.15, -0.1) is 0 Å². The molecule has 1 heterocycles. The number of piperidine rings is 1. The van der Waals surface area contributed by atoms with Crippen LogP contribution in [-0.2, 0) is 6.54 Å². The van der Waals surface area contributed by atoms with Gasteiger partial charge < -0.3 is 5.11 Å². The molecule has 20 heavy (non-hydrogen) atoms. The standard InChI is InChI=1S/C17H22FNO/c1-17(2)5-7-19(8-6-17)13-15-10-14(4-3-9-20)11-16(18)12-15/h10-12,20H,5-9,13H2,1-2H3.